The van der Waals surface area contributed by atoms with Gasteiger partial charge in [-0.1, -0.05) is 0 Å². The molecule has 0 aromatic carbocycles. The molecule has 14 heavy (non-hydrogen) atoms. The Kier molecular flexibility index (Phi) is 3.27. The molecule has 1 unspecified atom stereocenters. The zero-order chi connectivity index (χ0) is 10.9. The molecule has 1 heterocycles. The number of ether oxygens (including phenoxy) is 2. The number of carboxylic acid groups (broad SMARTS) is 1. The number of hydrogen-bond acceptors (Lipinski definition) is 6. The SMILES string of the molecule is CC1O[C@H](OC(=O)O)[C@@H](O)[C@H](O)[C@H]1O. The van der Waals surface area contributed by atoms with E-state index < -0.39 is 36.9 Å². The molecular formula is C7H12O7. The zero-order valence-corrected chi connectivity index (χ0v) is 7.40. The van der Waals surface area contributed by atoms with E-state index in [4.69, 9.17) is 9.84 Å². The van der Waals surface area contributed by atoms with Gasteiger partial charge in [0, 0.05) is 0 Å². The lowest BCUT2D eigenvalue weighted by atomic mass is 10.0. The molecule has 0 aromatic rings. The van der Waals surface area contributed by atoms with E-state index in [1.807, 2.05) is 0 Å². The first-order valence-corrected chi connectivity index (χ1v) is 4.02. The Labute approximate surface area is 79.5 Å². The van der Waals surface area contributed by atoms with Crippen molar-refractivity contribution in [1.82, 2.24) is 0 Å². The predicted molar refractivity (Wildman–Crippen MR) is 41.5 cm³/mol. The molecule has 1 fully saturated rings. The molecule has 1 rings (SSSR count). The normalized spacial score (nSPS) is 43.3. The van der Waals surface area contributed by atoms with Crippen LogP contribution >= 0.6 is 0 Å². The maximum atomic E-state index is 10.2. The standard InChI is InChI=1S/C7H12O7/c1-2-3(8)4(9)5(10)6(13-2)14-7(11)12/h2-6,8-10H,1H3,(H,11,12)/t2?,3-,4+,5-,6+/m0/s1. The second-order valence-electron chi connectivity index (χ2n) is 3.07. The van der Waals surface area contributed by atoms with E-state index in [-0.39, 0.29) is 0 Å². The largest absolute Gasteiger partial charge is 0.508 e. The molecule has 82 valence electrons. The van der Waals surface area contributed by atoms with Crippen molar-refractivity contribution < 1.29 is 34.7 Å². The fraction of sp³-hybridized carbons (Fsp3) is 0.857. The van der Waals surface area contributed by atoms with Crippen molar-refractivity contribution in [3.63, 3.8) is 0 Å². The smallest absolute Gasteiger partial charge is 0.450 e. The Balaban J connectivity index is 2.65. The van der Waals surface area contributed by atoms with Crippen LogP contribution in [0.2, 0.25) is 0 Å². The van der Waals surface area contributed by atoms with Gasteiger partial charge >= 0.3 is 6.16 Å². The first kappa shape index (κ1) is 11.2. The minimum absolute atomic E-state index is 0.808. The molecule has 1 saturated heterocycles. The molecular weight excluding hydrogens is 196 g/mol. The quantitative estimate of drug-likeness (QED) is 0.388. The molecule has 0 bridgehead atoms. The summed E-state index contributed by atoms with van der Waals surface area (Å²) in [5, 5.41) is 36.0. The van der Waals surface area contributed by atoms with Crippen LogP contribution in [0.3, 0.4) is 0 Å². The molecule has 0 amide bonds. The monoisotopic (exact) mass is 208 g/mol. The summed E-state index contributed by atoms with van der Waals surface area (Å²) in [6, 6.07) is 0. The summed E-state index contributed by atoms with van der Waals surface area (Å²) in [6.45, 7) is 1.43. The Hall–Kier alpha value is -0.890. The lowest BCUT2D eigenvalue weighted by Gasteiger charge is -2.37. The highest BCUT2D eigenvalue weighted by Crippen LogP contribution is 2.21. The average Bonchev–Trinajstić information content (AvgIpc) is 2.10. The van der Waals surface area contributed by atoms with Gasteiger partial charge in [0.25, 0.3) is 0 Å². The van der Waals surface area contributed by atoms with Gasteiger partial charge in [0.05, 0.1) is 6.10 Å². The van der Waals surface area contributed by atoms with Gasteiger partial charge in [0.2, 0.25) is 6.29 Å². The van der Waals surface area contributed by atoms with Crippen LogP contribution in [0.15, 0.2) is 0 Å². The van der Waals surface area contributed by atoms with Gasteiger partial charge in [-0.3, -0.25) is 0 Å². The summed E-state index contributed by atoms with van der Waals surface area (Å²) < 4.78 is 8.99. The number of carbonyl (C=O) groups is 1. The van der Waals surface area contributed by atoms with Gasteiger partial charge in [-0.25, -0.2) is 4.79 Å². The second kappa shape index (κ2) is 4.09. The van der Waals surface area contributed by atoms with Crippen molar-refractivity contribution in [1.29, 1.82) is 0 Å². The number of rotatable bonds is 1. The lowest BCUT2D eigenvalue weighted by molar-refractivity contribution is -0.279. The minimum Gasteiger partial charge on any atom is -0.450 e. The fourth-order valence-corrected chi connectivity index (χ4v) is 1.21. The first-order chi connectivity index (χ1) is 6.43. The zero-order valence-electron chi connectivity index (χ0n) is 7.40. The highest BCUT2D eigenvalue weighted by atomic mass is 16.8. The van der Waals surface area contributed by atoms with Crippen LogP contribution in [0, 0.1) is 0 Å². The topological polar surface area (TPSA) is 116 Å². The van der Waals surface area contributed by atoms with E-state index >= 15 is 0 Å². The summed E-state index contributed by atoms with van der Waals surface area (Å²) in [5.41, 5.74) is 0. The molecule has 5 atom stereocenters. The first-order valence-electron chi connectivity index (χ1n) is 4.02. The Morgan fingerprint density at radius 3 is 2.29 bits per heavy atom. The molecule has 4 N–H and O–H groups in total. The van der Waals surface area contributed by atoms with Crippen LogP contribution in [-0.4, -0.2) is 57.3 Å². The van der Waals surface area contributed by atoms with Gasteiger partial charge < -0.3 is 29.9 Å². The average molecular weight is 208 g/mol. The Bertz CT molecular complexity index is 218. The summed E-state index contributed by atoms with van der Waals surface area (Å²) in [5.74, 6) is 0. The van der Waals surface area contributed by atoms with E-state index in [1.165, 1.54) is 6.92 Å². The highest BCUT2D eigenvalue weighted by Gasteiger charge is 2.43. The van der Waals surface area contributed by atoms with E-state index in [9.17, 15) is 20.1 Å². The van der Waals surface area contributed by atoms with Crippen LogP contribution in [-0.2, 0) is 9.47 Å². The van der Waals surface area contributed by atoms with Gasteiger partial charge in [0.15, 0.2) is 0 Å². The molecule has 7 nitrogen and oxygen atoms in total. The molecule has 0 aliphatic carbocycles. The minimum atomic E-state index is -1.62. The van der Waals surface area contributed by atoms with Crippen molar-refractivity contribution in [2.75, 3.05) is 0 Å². The van der Waals surface area contributed by atoms with E-state index in [1.54, 1.807) is 0 Å². The van der Waals surface area contributed by atoms with Crippen LogP contribution < -0.4 is 0 Å². The van der Waals surface area contributed by atoms with Crippen molar-refractivity contribution >= 4 is 6.16 Å². The summed E-state index contributed by atoms with van der Waals surface area (Å²) in [4.78, 5) is 10.2. The molecule has 1 aliphatic rings. The third-order valence-electron chi connectivity index (χ3n) is 2.03. The van der Waals surface area contributed by atoms with Crippen LogP contribution in [0.5, 0.6) is 0 Å². The summed E-state index contributed by atoms with van der Waals surface area (Å²) in [7, 11) is 0. The van der Waals surface area contributed by atoms with E-state index in [0.29, 0.717) is 0 Å². The third kappa shape index (κ3) is 2.13. The molecule has 0 spiro atoms. The number of hydrogen-bond donors (Lipinski definition) is 4. The molecule has 1 aliphatic heterocycles. The Morgan fingerprint density at radius 1 is 1.21 bits per heavy atom. The van der Waals surface area contributed by atoms with Crippen molar-refractivity contribution in [3.8, 4) is 0 Å². The number of aliphatic hydroxyl groups excluding tert-OH is 3. The number of aliphatic hydroxyl groups is 3. The maximum Gasteiger partial charge on any atom is 0.508 e. The third-order valence-corrected chi connectivity index (χ3v) is 2.03. The molecule has 7 heteroatoms. The Morgan fingerprint density at radius 2 is 1.79 bits per heavy atom. The lowest BCUT2D eigenvalue weighted by Crippen LogP contribution is -2.57. The second-order valence-corrected chi connectivity index (χ2v) is 3.07. The van der Waals surface area contributed by atoms with Gasteiger partial charge in [-0.05, 0) is 6.92 Å². The predicted octanol–water partition coefficient (Wildman–Crippen LogP) is -1.49. The van der Waals surface area contributed by atoms with E-state index in [0.717, 1.165) is 0 Å². The van der Waals surface area contributed by atoms with Gasteiger partial charge in [0.1, 0.15) is 18.3 Å². The van der Waals surface area contributed by atoms with Crippen LogP contribution in [0.4, 0.5) is 4.79 Å². The molecule has 0 radical (unpaired) electrons. The fourth-order valence-electron chi connectivity index (χ4n) is 1.21. The van der Waals surface area contributed by atoms with Crippen LogP contribution in [0.25, 0.3) is 0 Å². The highest BCUT2D eigenvalue weighted by molar-refractivity contribution is 5.57. The summed E-state index contributed by atoms with van der Waals surface area (Å²) >= 11 is 0. The van der Waals surface area contributed by atoms with Crippen molar-refractivity contribution in [2.45, 2.75) is 37.6 Å². The molecule has 0 saturated carbocycles. The van der Waals surface area contributed by atoms with Crippen molar-refractivity contribution in [2.24, 2.45) is 0 Å². The van der Waals surface area contributed by atoms with Gasteiger partial charge in [-0.15, -0.1) is 0 Å². The van der Waals surface area contributed by atoms with Gasteiger partial charge in [-0.2, -0.15) is 0 Å². The van der Waals surface area contributed by atoms with E-state index in [2.05, 4.69) is 4.74 Å². The summed E-state index contributed by atoms with van der Waals surface area (Å²) in [6.07, 6.45) is -8.23. The molecule has 0 aromatic heterocycles. The maximum absolute atomic E-state index is 10.2. The van der Waals surface area contributed by atoms with Crippen molar-refractivity contribution in [3.05, 3.63) is 0 Å². The van der Waals surface area contributed by atoms with Crippen LogP contribution in [0.1, 0.15) is 6.92 Å².